The molecule has 0 spiro atoms. The molecule has 0 aromatic carbocycles. The van der Waals surface area contributed by atoms with Crippen LogP contribution in [0.3, 0.4) is 0 Å². The minimum absolute atomic E-state index is 0.0489. The second-order valence-electron chi connectivity index (χ2n) is 7.94. The van der Waals surface area contributed by atoms with Crippen LogP contribution in [0, 0.1) is 17.8 Å². The fourth-order valence-electron chi connectivity index (χ4n) is 3.51. The molecule has 132 valence electrons. The summed E-state index contributed by atoms with van der Waals surface area (Å²) in [6, 6.07) is 0. The zero-order valence-electron chi connectivity index (χ0n) is 14.6. The van der Waals surface area contributed by atoms with Gasteiger partial charge in [0.25, 0.3) is 0 Å². The second kappa shape index (κ2) is 7.18. The molecule has 0 saturated carbocycles. The van der Waals surface area contributed by atoms with E-state index in [2.05, 4.69) is 0 Å². The Morgan fingerprint density at radius 3 is 2.57 bits per heavy atom. The maximum Gasteiger partial charge on any atom is 0.410 e. The van der Waals surface area contributed by atoms with Gasteiger partial charge >= 0.3 is 6.09 Å². The fourth-order valence-corrected chi connectivity index (χ4v) is 3.51. The lowest BCUT2D eigenvalue weighted by Crippen LogP contribution is -2.52. The summed E-state index contributed by atoms with van der Waals surface area (Å²) in [6.45, 7) is 9.00. The number of aliphatic hydroxyl groups is 1. The summed E-state index contributed by atoms with van der Waals surface area (Å²) in [5, 5.41) is 10.7. The van der Waals surface area contributed by atoms with E-state index in [1.807, 2.05) is 20.8 Å². The quantitative estimate of drug-likeness (QED) is 0.837. The van der Waals surface area contributed by atoms with E-state index < -0.39 is 11.7 Å². The minimum atomic E-state index is -0.632. The van der Waals surface area contributed by atoms with Crippen molar-refractivity contribution in [2.24, 2.45) is 17.8 Å². The smallest absolute Gasteiger partial charge is 0.410 e. The van der Waals surface area contributed by atoms with Crippen LogP contribution in [-0.4, -0.2) is 59.9 Å². The molecule has 3 fully saturated rings. The number of carbonyl (C=O) groups is 2. The predicted molar refractivity (Wildman–Crippen MR) is 85.0 cm³/mol. The molecule has 1 amide bonds. The number of Topliss-reactive ketones (excluding diaryl/α,β-unsaturated/α-hetero) is 1. The standard InChI is InChI=1S/C17H29NO5/c1-11(19)5-13-6-12-7-18(16(21)23-17(2,3)4)8-14(15(13)20)10-22-9-12/h12-15,20H,5-10H2,1-4H3. The topological polar surface area (TPSA) is 76.1 Å². The van der Waals surface area contributed by atoms with Gasteiger partial charge in [-0.15, -0.1) is 0 Å². The molecule has 3 aliphatic rings. The molecule has 3 saturated heterocycles. The van der Waals surface area contributed by atoms with Crippen molar-refractivity contribution in [3.63, 3.8) is 0 Å². The van der Waals surface area contributed by atoms with Crippen molar-refractivity contribution in [3.05, 3.63) is 0 Å². The summed E-state index contributed by atoms with van der Waals surface area (Å²) in [5.41, 5.74) is -0.541. The normalized spacial score (nSPS) is 32.0. The third-order valence-electron chi connectivity index (χ3n) is 4.42. The van der Waals surface area contributed by atoms with Gasteiger partial charge in [0, 0.05) is 31.3 Å². The van der Waals surface area contributed by atoms with Gasteiger partial charge < -0.3 is 24.3 Å². The third kappa shape index (κ3) is 5.18. The summed E-state index contributed by atoms with van der Waals surface area (Å²) in [6.07, 6.45) is 0.107. The van der Waals surface area contributed by atoms with Gasteiger partial charge in [-0.3, -0.25) is 0 Å². The van der Waals surface area contributed by atoms with Crippen molar-refractivity contribution in [2.75, 3.05) is 26.3 Å². The van der Waals surface area contributed by atoms with Crippen molar-refractivity contribution in [2.45, 2.75) is 52.2 Å². The van der Waals surface area contributed by atoms with E-state index in [1.165, 1.54) is 0 Å². The Kier molecular flexibility index (Phi) is 5.68. The summed E-state index contributed by atoms with van der Waals surface area (Å²) >= 11 is 0. The number of fused-ring (bicyclic) bond motifs is 6. The zero-order chi connectivity index (χ0) is 17.2. The highest BCUT2D eigenvalue weighted by atomic mass is 16.6. The molecule has 0 aromatic rings. The summed E-state index contributed by atoms with van der Waals surface area (Å²) < 4.78 is 11.1. The van der Waals surface area contributed by atoms with Crippen LogP contribution in [0.4, 0.5) is 4.79 Å². The van der Waals surface area contributed by atoms with Crippen molar-refractivity contribution < 1.29 is 24.2 Å². The van der Waals surface area contributed by atoms with E-state index in [1.54, 1.807) is 11.8 Å². The first kappa shape index (κ1) is 18.2. The Morgan fingerprint density at radius 1 is 1.26 bits per heavy atom. The molecule has 6 heteroatoms. The SMILES string of the molecule is CC(=O)CC1CC2COCC(CN(C(=O)OC(C)(C)C)C2)C1O. The van der Waals surface area contributed by atoms with E-state index >= 15 is 0 Å². The van der Waals surface area contributed by atoms with Gasteiger partial charge in [0.2, 0.25) is 0 Å². The number of nitrogens with zero attached hydrogens (tertiary/aromatic N) is 1. The van der Waals surface area contributed by atoms with Crippen molar-refractivity contribution in [3.8, 4) is 0 Å². The van der Waals surface area contributed by atoms with Crippen LogP contribution in [-0.2, 0) is 14.3 Å². The lowest BCUT2D eigenvalue weighted by Gasteiger charge is -2.42. The van der Waals surface area contributed by atoms with Crippen LogP contribution >= 0.6 is 0 Å². The maximum atomic E-state index is 12.4. The van der Waals surface area contributed by atoms with Gasteiger partial charge in [-0.25, -0.2) is 4.79 Å². The number of hydrogen-bond acceptors (Lipinski definition) is 5. The minimum Gasteiger partial charge on any atom is -0.444 e. The molecule has 0 aromatic heterocycles. The predicted octanol–water partition coefficient (Wildman–Crippen LogP) is 1.85. The van der Waals surface area contributed by atoms with Crippen LogP contribution in [0.1, 0.15) is 40.5 Å². The van der Waals surface area contributed by atoms with E-state index in [0.717, 1.165) is 0 Å². The average molecular weight is 327 g/mol. The Morgan fingerprint density at radius 2 is 1.96 bits per heavy atom. The van der Waals surface area contributed by atoms with E-state index in [4.69, 9.17) is 9.47 Å². The number of ether oxygens (including phenoxy) is 2. The van der Waals surface area contributed by atoms with Crippen LogP contribution in [0.5, 0.6) is 0 Å². The molecule has 4 unspecified atom stereocenters. The molecule has 3 rings (SSSR count). The largest absolute Gasteiger partial charge is 0.444 e. The molecule has 2 bridgehead atoms. The number of rotatable bonds is 2. The highest BCUT2D eigenvalue weighted by Crippen LogP contribution is 2.32. The van der Waals surface area contributed by atoms with E-state index in [9.17, 15) is 14.7 Å². The number of aliphatic hydroxyl groups excluding tert-OH is 1. The summed E-state index contributed by atoms with van der Waals surface area (Å²) in [5.74, 6) is -0.0271. The summed E-state index contributed by atoms with van der Waals surface area (Å²) in [4.78, 5) is 25.6. The number of hydrogen-bond donors (Lipinski definition) is 1. The molecule has 4 atom stereocenters. The first-order valence-electron chi connectivity index (χ1n) is 8.39. The van der Waals surface area contributed by atoms with Gasteiger partial charge in [-0.05, 0) is 40.0 Å². The molecular weight excluding hydrogens is 298 g/mol. The number of amides is 1. The molecule has 23 heavy (non-hydrogen) atoms. The van der Waals surface area contributed by atoms with E-state index in [0.29, 0.717) is 39.1 Å². The summed E-state index contributed by atoms with van der Waals surface area (Å²) in [7, 11) is 0. The van der Waals surface area contributed by atoms with Crippen LogP contribution in [0.15, 0.2) is 0 Å². The van der Waals surface area contributed by atoms with Gasteiger partial charge in [0.1, 0.15) is 11.4 Å². The number of carbonyl (C=O) groups excluding carboxylic acids is 2. The first-order valence-corrected chi connectivity index (χ1v) is 8.39. The van der Waals surface area contributed by atoms with Crippen LogP contribution in [0.25, 0.3) is 0 Å². The van der Waals surface area contributed by atoms with Crippen molar-refractivity contribution >= 4 is 11.9 Å². The molecule has 0 radical (unpaired) electrons. The van der Waals surface area contributed by atoms with Gasteiger partial charge in [0.05, 0.1) is 19.3 Å². The van der Waals surface area contributed by atoms with E-state index in [-0.39, 0.29) is 29.6 Å². The van der Waals surface area contributed by atoms with Gasteiger partial charge in [0.15, 0.2) is 0 Å². The average Bonchev–Trinajstić information content (AvgIpc) is 2.35. The van der Waals surface area contributed by atoms with Gasteiger partial charge in [-0.2, -0.15) is 0 Å². The fraction of sp³-hybridized carbons (Fsp3) is 0.882. The molecular formula is C17H29NO5. The molecule has 3 aliphatic heterocycles. The van der Waals surface area contributed by atoms with Crippen molar-refractivity contribution in [1.82, 2.24) is 4.90 Å². The highest BCUT2D eigenvalue weighted by Gasteiger charge is 2.39. The molecule has 1 N–H and O–H groups in total. The lowest BCUT2D eigenvalue weighted by atomic mass is 9.79. The maximum absolute atomic E-state index is 12.4. The Balaban J connectivity index is 2.13. The zero-order valence-corrected chi connectivity index (χ0v) is 14.6. The van der Waals surface area contributed by atoms with Gasteiger partial charge in [-0.1, -0.05) is 0 Å². The molecule has 6 nitrogen and oxygen atoms in total. The van der Waals surface area contributed by atoms with Crippen LogP contribution in [0.2, 0.25) is 0 Å². The first-order chi connectivity index (χ1) is 10.7. The lowest BCUT2D eigenvalue weighted by molar-refractivity contribution is -0.122. The molecule has 3 heterocycles. The number of ketones is 1. The molecule has 0 aliphatic carbocycles. The second-order valence-corrected chi connectivity index (χ2v) is 7.94. The Bertz CT molecular complexity index is 445. The van der Waals surface area contributed by atoms with Crippen LogP contribution < -0.4 is 0 Å². The Hall–Kier alpha value is -1.14. The Labute approximate surface area is 138 Å². The third-order valence-corrected chi connectivity index (χ3v) is 4.42. The van der Waals surface area contributed by atoms with Crippen molar-refractivity contribution in [1.29, 1.82) is 0 Å². The monoisotopic (exact) mass is 327 g/mol. The highest BCUT2D eigenvalue weighted by molar-refractivity contribution is 5.75.